The van der Waals surface area contributed by atoms with Gasteiger partial charge in [0.2, 0.25) is 0 Å². The van der Waals surface area contributed by atoms with Crippen LogP contribution in [0, 0.1) is 13.8 Å². The molecule has 0 saturated heterocycles. The molecule has 2 rings (SSSR count). The number of ether oxygens (including phenoxy) is 1. The standard InChI is InChI=1S/C15H19N3O2/c1-5-12-17-13(15(19)20-4)14(16)18(12)11-7-6-9(2)10(3)8-11/h6-8H,5,16H2,1-4H3. The van der Waals surface area contributed by atoms with E-state index in [4.69, 9.17) is 10.5 Å². The Kier molecular flexibility index (Phi) is 3.79. The normalized spacial score (nSPS) is 10.6. The number of imidazole rings is 1. The van der Waals surface area contributed by atoms with Crippen LogP contribution in [0.2, 0.25) is 0 Å². The lowest BCUT2D eigenvalue weighted by atomic mass is 10.1. The van der Waals surface area contributed by atoms with Gasteiger partial charge in [0.25, 0.3) is 0 Å². The molecule has 0 atom stereocenters. The zero-order valence-corrected chi connectivity index (χ0v) is 12.2. The Balaban J connectivity index is 2.63. The number of carbonyl (C=O) groups excluding carboxylic acids is 1. The average Bonchev–Trinajstić information content (AvgIpc) is 2.78. The second kappa shape index (κ2) is 5.36. The summed E-state index contributed by atoms with van der Waals surface area (Å²) >= 11 is 0. The fourth-order valence-corrected chi connectivity index (χ4v) is 2.12. The summed E-state index contributed by atoms with van der Waals surface area (Å²) in [7, 11) is 1.32. The van der Waals surface area contributed by atoms with E-state index in [1.165, 1.54) is 12.7 Å². The van der Waals surface area contributed by atoms with Crippen molar-refractivity contribution >= 4 is 11.8 Å². The number of benzene rings is 1. The van der Waals surface area contributed by atoms with Crippen LogP contribution >= 0.6 is 0 Å². The van der Waals surface area contributed by atoms with Crippen LogP contribution in [0.3, 0.4) is 0 Å². The number of rotatable bonds is 3. The number of carbonyl (C=O) groups is 1. The van der Waals surface area contributed by atoms with E-state index in [1.807, 2.05) is 32.0 Å². The summed E-state index contributed by atoms with van der Waals surface area (Å²) in [4.78, 5) is 16.0. The summed E-state index contributed by atoms with van der Waals surface area (Å²) in [5.41, 5.74) is 9.52. The lowest BCUT2D eigenvalue weighted by molar-refractivity contribution is 0.0596. The third-order valence-corrected chi connectivity index (χ3v) is 3.43. The third-order valence-electron chi connectivity index (χ3n) is 3.43. The molecule has 0 fully saturated rings. The zero-order valence-electron chi connectivity index (χ0n) is 12.2. The van der Waals surface area contributed by atoms with E-state index >= 15 is 0 Å². The van der Waals surface area contributed by atoms with Gasteiger partial charge in [-0.2, -0.15) is 0 Å². The molecule has 0 radical (unpaired) electrons. The van der Waals surface area contributed by atoms with E-state index in [0.717, 1.165) is 17.1 Å². The first-order chi connectivity index (χ1) is 9.49. The lowest BCUT2D eigenvalue weighted by Crippen LogP contribution is -2.08. The summed E-state index contributed by atoms with van der Waals surface area (Å²) < 4.78 is 6.52. The van der Waals surface area contributed by atoms with Crippen LogP contribution in [0.4, 0.5) is 5.82 Å². The number of hydrogen-bond donors (Lipinski definition) is 1. The van der Waals surface area contributed by atoms with Crippen LogP contribution in [0.15, 0.2) is 18.2 Å². The number of aryl methyl sites for hydroxylation is 3. The highest BCUT2D eigenvalue weighted by Crippen LogP contribution is 2.23. The van der Waals surface area contributed by atoms with Crippen LogP contribution in [0.1, 0.15) is 34.4 Å². The molecule has 20 heavy (non-hydrogen) atoms. The number of nitrogens with zero attached hydrogens (tertiary/aromatic N) is 2. The number of esters is 1. The first kappa shape index (κ1) is 14.1. The second-order valence-electron chi connectivity index (χ2n) is 4.71. The van der Waals surface area contributed by atoms with Crippen LogP contribution in [0.25, 0.3) is 5.69 Å². The van der Waals surface area contributed by atoms with Gasteiger partial charge in [-0.25, -0.2) is 9.78 Å². The Hall–Kier alpha value is -2.30. The number of aromatic nitrogens is 2. The predicted octanol–water partition coefficient (Wildman–Crippen LogP) is 2.42. The Labute approximate surface area is 118 Å². The lowest BCUT2D eigenvalue weighted by Gasteiger charge is -2.11. The highest BCUT2D eigenvalue weighted by molar-refractivity contribution is 5.92. The van der Waals surface area contributed by atoms with Gasteiger partial charge in [0.1, 0.15) is 11.6 Å². The van der Waals surface area contributed by atoms with Crippen molar-refractivity contribution in [2.45, 2.75) is 27.2 Å². The van der Waals surface area contributed by atoms with Crippen molar-refractivity contribution in [2.24, 2.45) is 0 Å². The molecule has 0 bridgehead atoms. The maximum atomic E-state index is 11.7. The van der Waals surface area contributed by atoms with Gasteiger partial charge < -0.3 is 10.5 Å². The molecule has 2 N–H and O–H groups in total. The summed E-state index contributed by atoms with van der Waals surface area (Å²) in [6.07, 6.45) is 0.675. The summed E-state index contributed by atoms with van der Waals surface area (Å²) in [5.74, 6) is 0.544. The van der Waals surface area contributed by atoms with E-state index < -0.39 is 5.97 Å². The third kappa shape index (κ3) is 2.27. The molecule has 5 heteroatoms. The van der Waals surface area contributed by atoms with Gasteiger partial charge in [-0.3, -0.25) is 4.57 Å². The van der Waals surface area contributed by atoms with Crippen molar-refractivity contribution in [3.8, 4) is 5.69 Å². The van der Waals surface area contributed by atoms with Crippen molar-refractivity contribution < 1.29 is 9.53 Å². The number of anilines is 1. The maximum absolute atomic E-state index is 11.7. The Morgan fingerprint density at radius 3 is 2.60 bits per heavy atom. The van der Waals surface area contributed by atoms with E-state index in [1.54, 1.807) is 4.57 Å². The highest BCUT2D eigenvalue weighted by Gasteiger charge is 2.21. The van der Waals surface area contributed by atoms with Gasteiger partial charge in [0.15, 0.2) is 5.69 Å². The van der Waals surface area contributed by atoms with Crippen LogP contribution in [-0.4, -0.2) is 22.6 Å². The Bertz CT molecular complexity index is 659. The summed E-state index contributed by atoms with van der Waals surface area (Å²) in [6.45, 7) is 6.07. The van der Waals surface area contributed by atoms with E-state index in [0.29, 0.717) is 12.2 Å². The van der Waals surface area contributed by atoms with E-state index in [2.05, 4.69) is 11.9 Å². The monoisotopic (exact) mass is 273 g/mol. The first-order valence-electron chi connectivity index (χ1n) is 6.52. The fourth-order valence-electron chi connectivity index (χ4n) is 2.12. The minimum atomic E-state index is -0.514. The van der Waals surface area contributed by atoms with Crippen molar-refractivity contribution in [2.75, 3.05) is 12.8 Å². The minimum Gasteiger partial charge on any atom is -0.464 e. The van der Waals surface area contributed by atoms with Crippen LogP contribution < -0.4 is 5.73 Å². The summed E-state index contributed by atoms with van der Waals surface area (Å²) in [6, 6.07) is 6.04. The largest absolute Gasteiger partial charge is 0.464 e. The van der Waals surface area contributed by atoms with Gasteiger partial charge in [0, 0.05) is 12.1 Å². The van der Waals surface area contributed by atoms with Gasteiger partial charge >= 0.3 is 5.97 Å². The minimum absolute atomic E-state index is 0.169. The average molecular weight is 273 g/mol. The fraction of sp³-hybridized carbons (Fsp3) is 0.333. The van der Waals surface area contributed by atoms with Crippen molar-refractivity contribution in [3.05, 3.63) is 40.8 Å². The predicted molar refractivity (Wildman–Crippen MR) is 78.2 cm³/mol. The van der Waals surface area contributed by atoms with Crippen molar-refractivity contribution in [1.82, 2.24) is 9.55 Å². The molecule has 0 aliphatic carbocycles. The molecule has 106 valence electrons. The summed E-state index contributed by atoms with van der Waals surface area (Å²) in [5, 5.41) is 0. The number of nitrogens with two attached hydrogens (primary N) is 1. The molecule has 0 spiro atoms. The molecular weight excluding hydrogens is 254 g/mol. The Morgan fingerprint density at radius 2 is 2.05 bits per heavy atom. The second-order valence-corrected chi connectivity index (χ2v) is 4.71. The molecule has 0 unspecified atom stereocenters. The van der Waals surface area contributed by atoms with Crippen LogP contribution in [0.5, 0.6) is 0 Å². The van der Waals surface area contributed by atoms with E-state index in [9.17, 15) is 4.79 Å². The van der Waals surface area contributed by atoms with Gasteiger partial charge in [0.05, 0.1) is 7.11 Å². The smallest absolute Gasteiger partial charge is 0.360 e. The number of nitrogen functional groups attached to an aromatic ring is 1. The molecule has 0 aliphatic heterocycles. The highest BCUT2D eigenvalue weighted by atomic mass is 16.5. The van der Waals surface area contributed by atoms with Crippen molar-refractivity contribution in [1.29, 1.82) is 0 Å². The molecule has 5 nitrogen and oxygen atoms in total. The molecular formula is C15H19N3O2. The zero-order chi connectivity index (χ0) is 14.9. The molecule has 2 aromatic rings. The maximum Gasteiger partial charge on any atom is 0.360 e. The number of methoxy groups -OCH3 is 1. The Morgan fingerprint density at radius 1 is 1.35 bits per heavy atom. The topological polar surface area (TPSA) is 70.1 Å². The van der Waals surface area contributed by atoms with E-state index in [-0.39, 0.29) is 5.69 Å². The quantitative estimate of drug-likeness (QED) is 0.872. The molecule has 1 aromatic heterocycles. The van der Waals surface area contributed by atoms with Gasteiger partial charge in [-0.05, 0) is 37.1 Å². The number of hydrogen-bond acceptors (Lipinski definition) is 4. The SMILES string of the molecule is CCc1nc(C(=O)OC)c(N)n1-c1ccc(C)c(C)c1. The van der Waals surface area contributed by atoms with Crippen molar-refractivity contribution in [3.63, 3.8) is 0 Å². The molecule has 0 aliphatic rings. The van der Waals surface area contributed by atoms with Gasteiger partial charge in [-0.15, -0.1) is 0 Å². The molecule has 0 saturated carbocycles. The molecule has 0 amide bonds. The van der Waals surface area contributed by atoms with Crippen LogP contribution in [-0.2, 0) is 11.2 Å². The molecule has 1 aromatic carbocycles. The molecule has 1 heterocycles. The first-order valence-corrected chi connectivity index (χ1v) is 6.52. The van der Waals surface area contributed by atoms with Gasteiger partial charge in [-0.1, -0.05) is 13.0 Å².